The molecule has 4 rings (SSSR count). The molecule has 0 atom stereocenters. The fourth-order valence-electron chi connectivity index (χ4n) is 4.34. The molecular weight excluding hydrogens is 367 g/mol. The highest BCUT2D eigenvalue weighted by Crippen LogP contribution is 2.25. The van der Waals surface area contributed by atoms with Gasteiger partial charge in [0.25, 0.3) is 0 Å². The molecule has 0 bridgehead atoms. The lowest BCUT2D eigenvalue weighted by atomic mass is 10.1. The summed E-state index contributed by atoms with van der Waals surface area (Å²) in [5.74, 6) is 0.640. The highest BCUT2D eigenvalue weighted by atomic mass is 19.1. The maximum atomic E-state index is 12.9. The van der Waals surface area contributed by atoms with Crippen LogP contribution >= 0.6 is 0 Å². The molecule has 1 aliphatic heterocycles. The summed E-state index contributed by atoms with van der Waals surface area (Å²) in [4.78, 5) is 21.7. The van der Waals surface area contributed by atoms with Gasteiger partial charge >= 0.3 is 0 Å². The maximum absolute atomic E-state index is 12.9. The Morgan fingerprint density at radius 1 is 1.00 bits per heavy atom. The van der Waals surface area contributed by atoms with Crippen molar-refractivity contribution in [3.8, 4) is 0 Å². The zero-order chi connectivity index (χ0) is 20.1. The molecule has 2 aliphatic rings. The Balaban J connectivity index is 1.23. The van der Waals surface area contributed by atoms with E-state index in [-0.39, 0.29) is 18.1 Å². The van der Waals surface area contributed by atoms with Gasteiger partial charge in [-0.15, -0.1) is 0 Å². The Kier molecular flexibility index (Phi) is 6.39. The SMILES string of the molecule is O=C(Cc1ccc(F)cc1)NCc1ccc(N2CCN(C3CCCC3)CC2)nc1. The zero-order valence-corrected chi connectivity index (χ0v) is 16.8. The van der Waals surface area contributed by atoms with E-state index in [4.69, 9.17) is 0 Å². The Bertz CT molecular complexity index is 795. The van der Waals surface area contributed by atoms with Crippen LogP contribution in [0.3, 0.4) is 0 Å². The van der Waals surface area contributed by atoms with Crippen molar-refractivity contribution in [3.05, 3.63) is 59.5 Å². The van der Waals surface area contributed by atoms with Crippen LogP contribution in [0.2, 0.25) is 0 Å². The minimum absolute atomic E-state index is 0.0799. The van der Waals surface area contributed by atoms with E-state index in [1.54, 1.807) is 12.1 Å². The molecule has 154 valence electrons. The second-order valence-electron chi connectivity index (χ2n) is 8.07. The lowest BCUT2D eigenvalue weighted by molar-refractivity contribution is -0.120. The maximum Gasteiger partial charge on any atom is 0.224 e. The molecule has 1 N–H and O–H groups in total. The lowest BCUT2D eigenvalue weighted by Crippen LogP contribution is -2.50. The molecule has 0 radical (unpaired) electrons. The smallest absolute Gasteiger partial charge is 0.224 e. The van der Waals surface area contributed by atoms with Gasteiger partial charge in [0.05, 0.1) is 6.42 Å². The van der Waals surface area contributed by atoms with E-state index in [9.17, 15) is 9.18 Å². The Morgan fingerprint density at radius 3 is 2.34 bits per heavy atom. The number of hydrogen-bond donors (Lipinski definition) is 1. The molecule has 1 saturated carbocycles. The van der Waals surface area contributed by atoms with Crippen molar-refractivity contribution in [1.82, 2.24) is 15.2 Å². The molecule has 1 aromatic heterocycles. The number of benzene rings is 1. The quantitative estimate of drug-likeness (QED) is 0.815. The summed E-state index contributed by atoms with van der Waals surface area (Å²) in [5, 5.41) is 2.91. The first-order valence-electron chi connectivity index (χ1n) is 10.6. The second-order valence-corrected chi connectivity index (χ2v) is 8.07. The first kappa shape index (κ1) is 19.8. The third-order valence-corrected chi connectivity index (χ3v) is 6.06. The van der Waals surface area contributed by atoms with E-state index in [0.29, 0.717) is 6.54 Å². The first-order chi connectivity index (χ1) is 14.2. The Labute approximate surface area is 171 Å². The van der Waals surface area contributed by atoms with Gasteiger partial charge in [-0.2, -0.15) is 0 Å². The number of halogens is 1. The van der Waals surface area contributed by atoms with Gasteiger partial charge in [0.2, 0.25) is 5.91 Å². The number of hydrogen-bond acceptors (Lipinski definition) is 4. The van der Waals surface area contributed by atoms with Gasteiger partial charge < -0.3 is 10.2 Å². The van der Waals surface area contributed by atoms with Crippen LogP contribution in [-0.4, -0.2) is 48.0 Å². The number of amides is 1. The van der Waals surface area contributed by atoms with Gasteiger partial charge in [0.1, 0.15) is 11.6 Å². The topological polar surface area (TPSA) is 48.5 Å². The molecule has 2 heterocycles. The predicted molar refractivity (Wildman–Crippen MR) is 112 cm³/mol. The predicted octanol–water partition coefficient (Wildman–Crippen LogP) is 3.14. The largest absolute Gasteiger partial charge is 0.354 e. The van der Waals surface area contributed by atoms with E-state index in [0.717, 1.165) is 49.2 Å². The molecule has 0 unspecified atom stereocenters. The van der Waals surface area contributed by atoms with Gasteiger partial charge in [-0.05, 0) is 42.2 Å². The Hall–Kier alpha value is -2.47. The van der Waals surface area contributed by atoms with E-state index < -0.39 is 0 Å². The van der Waals surface area contributed by atoms with Gasteiger partial charge in [0.15, 0.2) is 0 Å². The molecule has 2 aromatic rings. The van der Waals surface area contributed by atoms with Crippen LogP contribution in [0, 0.1) is 5.82 Å². The van der Waals surface area contributed by atoms with Crippen molar-refractivity contribution in [2.24, 2.45) is 0 Å². The van der Waals surface area contributed by atoms with Gasteiger partial charge in [-0.25, -0.2) is 9.37 Å². The summed E-state index contributed by atoms with van der Waals surface area (Å²) in [6.07, 6.45) is 7.58. The van der Waals surface area contributed by atoms with Crippen LogP contribution in [-0.2, 0) is 17.8 Å². The van der Waals surface area contributed by atoms with Crippen LogP contribution in [0.25, 0.3) is 0 Å². The van der Waals surface area contributed by atoms with Crippen LogP contribution < -0.4 is 10.2 Å². The molecule has 29 heavy (non-hydrogen) atoms. The van der Waals surface area contributed by atoms with Crippen molar-refractivity contribution in [2.45, 2.75) is 44.7 Å². The molecule has 1 aliphatic carbocycles. The second kappa shape index (κ2) is 9.35. The fourth-order valence-corrected chi connectivity index (χ4v) is 4.34. The van der Waals surface area contributed by atoms with Gasteiger partial charge in [0, 0.05) is 45.0 Å². The number of anilines is 1. The molecular formula is C23H29FN4O. The molecule has 1 amide bonds. The minimum Gasteiger partial charge on any atom is -0.354 e. The molecule has 6 heteroatoms. The molecule has 1 aromatic carbocycles. The standard InChI is InChI=1S/C23H29FN4O/c24-20-8-5-18(6-9-20)15-23(29)26-17-19-7-10-22(25-16-19)28-13-11-27(12-14-28)21-3-1-2-4-21/h5-10,16,21H,1-4,11-15,17H2,(H,26,29). The summed E-state index contributed by atoms with van der Waals surface area (Å²) < 4.78 is 12.9. The van der Waals surface area contributed by atoms with Crippen molar-refractivity contribution in [2.75, 3.05) is 31.1 Å². The fraction of sp³-hybridized carbons (Fsp3) is 0.478. The summed E-state index contributed by atoms with van der Waals surface area (Å²) in [6, 6.07) is 10.9. The van der Waals surface area contributed by atoms with Crippen LogP contribution in [0.15, 0.2) is 42.6 Å². The van der Waals surface area contributed by atoms with Crippen molar-refractivity contribution < 1.29 is 9.18 Å². The van der Waals surface area contributed by atoms with Gasteiger partial charge in [-0.1, -0.05) is 31.0 Å². The number of nitrogens with one attached hydrogen (secondary N) is 1. The van der Waals surface area contributed by atoms with E-state index in [1.807, 2.05) is 18.3 Å². The van der Waals surface area contributed by atoms with Crippen LogP contribution in [0.4, 0.5) is 10.2 Å². The van der Waals surface area contributed by atoms with Gasteiger partial charge in [-0.3, -0.25) is 9.69 Å². The monoisotopic (exact) mass is 396 g/mol. The van der Waals surface area contributed by atoms with E-state index >= 15 is 0 Å². The van der Waals surface area contributed by atoms with Crippen molar-refractivity contribution in [3.63, 3.8) is 0 Å². The lowest BCUT2D eigenvalue weighted by Gasteiger charge is -2.38. The van der Waals surface area contributed by atoms with Crippen molar-refractivity contribution in [1.29, 1.82) is 0 Å². The third-order valence-electron chi connectivity index (χ3n) is 6.06. The summed E-state index contributed by atoms with van der Waals surface area (Å²) in [7, 11) is 0. The number of piperazine rings is 1. The summed E-state index contributed by atoms with van der Waals surface area (Å²) in [6.45, 7) is 4.73. The molecule has 1 saturated heterocycles. The number of rotatable bonds is 6. The third kappa shape index (κ3) is 5.32. The van der Waals surface area contributed by atoms with E-state index in [1.165, 1.54) is 37.8 Å². The molecule has 5 nitrogen and oxygen atoms in total. The average molecular weight is 397 g/mol. The van der Waals surface area contributed by atoms with Crippen LogP contribution in [0.1, 0.15) is 36.8 Å². The summed E-state index contributed by atoms with van der Waals surface area (Å²) >= 11 is 0. The Morgan fingerprint density at radius 2 is 1.69 bits per heavy atom. The van der Waals surface area contributed by atoms with Crippen LogP contribution in [0.5, 0.6) is 0 Å². The number of carbonyl (C=O) groups is 1. The number of carbonyl (C=O) groups excluding carboxylic acids is 1. The minimum atomic E-state index is -0.291. The number of nitrogens with zero attached hydrogens (tertiary/aromatic N) is 3. The highest BCUT2D eigenvalue weighted by Gasteiger charge is 2.26. The first-order valence-corrected chi connectivity index (χ1v) is 10.6. The average Bonchev–Trinajstić information content (AvgIpc) is 3.29. The van der Waals surface area contributed by atoms with Crippen molar-refractivity contribution >= 4 is 11.7 Å². The summed E-state index contributed by atoms with van der Waals surface area (Å²) in [5.41, 5.74) is 1.78. The molecule has 0 spiro atoms. The zero-order valence-electron chi connectivity index (χ0n) is 16.8. The number of aromatic nitrogens is 1. The number of pyridine rings is 1. The van der Waals surface area contributed by atoms with E-state index in [2.05, 4.69) is 20.1 Å². The normalized spacial score (nSPS) is 18.2. The highest BCUT2D eigenvalue weighted by molar-refractivity contribution is 5.78. The molecule has 2 fully saturated rings.